The van der Waals surface area contributed by atoms with Gasteiger partial charge < -0.3 is 9.64 Å². The number of aromatic nitrogens is 5. The summed E-state index contributed by atoms with van der Waals surface area (Å²) in [5.41, 5.74) is 3.36. The minimum absolute atomic E-state index is 0.157. The van der Waals surface area contributed by atoms with E-state index in [1.807, 2.05) is 32.9 Å². The largest absolute Gasteiger partial charge is 0.416 e. The molecule has 3 aromatic heterocycles. The van der Waals surface area contributed by atoms with Gasteiger partial charge in [0.2, 0.25) is 0 Å². The third kappa shape index (κ3) is 7.63. The van der Waals surface area contributed by atoms with Crippen molar-refractivity contribution in [1.29, 1.82) is 0 Å². The number of carbonyl (C=O) groups is 1. The summed E-state index contributed by atoms with van der Waals surface area (Å²) in [5, 5.41) is 8.69. The van der Waals surface area contributed by atoms with Crippen LogP contribution in [-0.2, 0) is 17.3 Å². The lowest BCUT2D eigenvalue weighted by molar-refractivity contribution is -0.137. The molecule has 0 radical (unpaired) electrons. The minimum atomic E-state index is -4.56. The van der Waals surface area contributed by atoms with E-state index in [2.05, 4.69) is 42.2 Å². The number of rotatable bonds is 10. The van der Waals surface area contributed by atoms with Crippen LogP contribution < -0.4 is 4.90 Å². The Labute approximate surface area is 248 Å². The van der Waals surface area contributed by atoms with Gasteiger partial charge in [0.05, 0.1) is 35.9 Å². The van der Waals surface area contributed by atoms with Gasteiger partial charge in [-0.2, -0.15) is 13.2 Å². The Morgan fingerprint density at radius 3 is 2.58 bits per heavy atom. The van der Waals surface area contributed by atoms with Gasteiger partial charge >= 0.3 is 6.18 Å². The lowest BCUT2D eigenvalue weighted by Crippen LogP contribution is -2.47. The van der Waals surface area contributed by atoms with Crippen LogP contribution in [0.15, 0.2) is 61.1 Å². The molecule has 1 aliphatic rings. The van der Waals surface area contributed by atoms with Gasteiger partial charge in [0.25, 0.3) is 0 Å². The van der Waals surface area contributed by atoms with Crippen molar-refractivity contribution in [3.8, 4) is 16.9 Å². The summed E-state index contributed by atoms with van der Waals surface area (Å²) < 4.78 is 46.5. The number of hydrogen-bond acceptors (Lipinski definition) is 8. The Balaban J connectivity index is 1.27. The standard InChI is InChI=1S/C31H34F3N7O2/c1-21(2)43-14-13-39-9-11-40(12-10-39)26-6-4-5-24(17-26)28-20-41(38-37-28)29-15-23(19-36-22(29)3)16-30(42)27-18-25(7-8-35-27)31(32,33)34/h4-8,15,17-21H,9-14,16H2,1-3H3. The number of ether oxygens (including phenoxy) is 1. The van der Waals surface area contributed by atoms with E-state index >= 15 is 0 Å². The number of carbonyl (C=O) groups excluding carboxylic acids is 1. The number of Topliss-reactive ketones (excluding diaryl/α,β-unsaturated/α-hetero) is 1. The minimum Gasteiger partial charge on any atom is -0.377 e. The Morgan fingerprint density at radius 2 is 1.84 bits per heavy atom. The quantitative estimate of drug-likeness (QED) is 0.237. The smallest absolute Gasteiger partial charge is 0.377 e. The van der Waals surface area contributed by atoms with Crippen LogP contribution in [0, 0.1) is 6.92 Å². The maximum Gasteiger partial charge on any atom is 0.416 e. The van der Waals surface area contributed by atoms with E-state index in [-0.39, 0.29) is 18.2 Å². The molecule has 0 amide bonds. The number of halogens is 3. The first-order valence-electron chi connectivity index (χ1n) is 14.2. The summed E-state index contributed by atoms with van der Waals surface area (Å²) in [4.78, 5) is 25.8. The van der Waals surface area contributed by atoms with Crippen molar-refractivity contribution < 1.29 is 22.7 Å². The highest BCUT2D eigenvalue weighted by atomic mass is 19.4. The zero-order chi connectivity index (χ0) is 30.6. The van der Waals surface area contributed by atoms with Crippen molar-refractivity contribution in [3.63, 3.8) is 0 Å². The summed E-state index contributed by atoms with van der Waals surface area (Å²) in [6.07, 6.45) is -0.149. The lowest BCUT2D eigenvalue weighted by Gasteiger charge is -2.36. The third-order valence-electron chi connectivity index (χ3n) is 7.33. The highest BCUT2D eigenvalue weighted by Crippen LogP contribution is 2.29. The molecule has 43 heavy (non-hydrogen) atoms. The first kappa shape index (κ1) is 30.3. The molecule has 226 valence electrons. The fourth-order valence-corrected chi connectivity index (χ4v) is 4.95. The van der Waals surface area contributed by atoms with E-state index in [9.17, 15) is 18.0 Å². The maximum atomic E-state index is 13.1. The van der Waals surface area contributed by atoms with E-state index in [0.29, 0.717) is 22.6 Å². The molecular formula is C31H34F3N7O2. The van der Waals surface area contributed by atoms with Crippen molar-refractivity contribution in [3.05, 3.63) is 83.6 Å². The molecule has 5 rings (SSSR count). The molecule has 0 aliphatic carbocycles. The van der Waals surface area contributed by atoms with Gasteiger partial charge in [-0.25, -0.2) is 4.68 Å². The molecule has 0 N–H and O–H groups in total. The van der Waals surface area contributed by atoms with Gasteiger partial charge in [0.15, 0.2) is 5.78 Å². The molecule has 0 spiro atoms. The normalized spacial score (nSPS) is 14.4. The average Bonchev–Trinajstić information content (AvgIpc) is 3.48. The predicted molar refractivity (Wildman–Crippen MR) is 156 cm³/mol. The summed E-state index contributed by atoms with van der Waals surface area (Å²) in [5.74, 6) is -0.538. The Kier molecular flexibility index (Phi) is 9.16. The van der Waals surface area contributed by atoms with Gasteiger partial charge in [0, 0.05) is 62.8 Å². The summed E-state index contributed by atoms with van der Waals surface area (Å²) in [7, 11) is 0. The second-order valence-corrected chi connectivity index (χ2v) is 10.8. The van der Waals surface area contributed by atoms with Crippen molar-refractivity contribution in [2.24, 2.45) is 0 Å². The van der Waals surface area contributed by atoms with Crippen LogP contribution in [0.3, 0.4) is 0 Å². The number of pyridine rings is 2. The molecule has 0 saturated carbocycles. The fraction of sp³-hybridized carbons (Fsp3) is 0.387. The molecule has 0 bridgehead atoms. The van der Waals surface area contributed by atoms with E-state index in [1.165, 1.54) is 6.20 Å². The number of aryl methyl sites for hydroxylation is 1. The molecule has 0 unspecified atom stereocenters. The summed E-state index contributed by atoms with van der Waals surface area (Å²) in [6.45, 7) is 11.4. The number of anilines is 1. The molecule has 4 heterocycles. The van der Waals surface area contributed by atoms with Gasteiger partial charge in [-0.15, -0.1) is 5.10 Å². The number of hydrogen-bond donors (Lipinski definition) is 0. The van der Waals surface area contributed by atoms with Crippen LogP contribution in [0.25, 0.3) is 16.9 Å². The van der Waals surface area contributed by atoms with E-state index in [1.54, 1.807) is 16.9 Å². The second-order valence-electron chi connectivity index (χ2n) is 10.8. The molecule has 1 fully saturated rings. The topological polar surface area (TPSA) is 89.3 Å². The van der Waals surface area contributed by atoms with Crippen molar-refractivity contribution >= 4 is 11.5 Å². The monoisotopic (exact) mass is 593 g/mol. The maximum absolute atomic E-state index is 13.1. The second kappa shape index (κ2) is 13.0. The highest BCUT2D eigenvalue weighted by Gasteiger charge is 2.31. The van der Waals surface area contributed by atoms with Crippen LogP contribution in [0.1, 0.15) is 41.2 Å². The lowest BCUT2D eigenvalue weighted by atomic mass is 10.1. The summed E-state index contributed by atoms with van der Waals surface area (Å²) in [6, 6.07) is 11.5. The van der Waals surface area contributed by atoms with Crippen LogP contribution in [0.4, 0.5) is 18.9 Å². The van der Waals surface area contributed by atoms with Crippen molar-refractivity contribution in [2.75, 3.05) is 44.2 Å². The van der Waals surface area contributed by atoms with Gasteiger partial charge in [-0.05, 0) is 56.7 Å². The summed E-state index contributed by atoms with van der Waals surface area (Å²) >= 11 is 0. The molecule has 12 heteroatoms. The number of nitrogens with zero attached hydrogens (tertiary/aromatic N) is 7. The van der Waals surface area contributed by atoms with Crippen molar-refractivity contribution in [1.82, 2.24) is 29.9 Å². The van der Waals surface area contributed by atoms with Crippen molar-refractivity contribution in [2.45, 2.75) is 39.5 Å². The van der Waals surface area contributed by atoms with E-state index in [4.69, 9.17) is 4.74 Å². The van der Waals surface area contributed by atoms with Gasteiger partial charge in [0.1, 0.15) is 11.4 Å². The molecule has 1 aromatic carbocycles. The molecule has 4 aromatic rings. The average molecular weight is 594 g/mol. The Morgan fingerprint density at radius 1 is 1.05 bits per heavy atom. The molecule has 0 atom stereocenters. The molecule has 1 aliphatic heterocycles. The first-order valence-corrected chi connectivity index (χ1v) is 14.2. The Hall–Kier alpha value is -4.16. The first-order chi connectivity index (χ1) is 20.6. The molecule has 9 nitrogen and oxygen atoms in total. The van der Waals surface area contributed by atoms with E-state index in [0.717, 1.165) is 68.9 Å². The van der Waals surface area contributed by atoms with Crippen LogP contribution >= 0.6 is 0 Å². The Bertz CT molecular complexity index is 1560. The molecular weight excluding hydrogens is 559 g/mol. The van der Waals surface area contributed by atoms with E-state index < -0.39 is 17.5 Å². The van der Waals surface area contributed by atoms with Gasteiger partial charge in [-0.1, -0.05) is 17.3 Å². The highest BCUT2D eigenvalue weighted by molar-refractivity contribution is 5.95. The zero-order valence-electron chi connectivity index (χ0n) is 24.4. The zero-order valence-corrected chi connectivity index (χ0v) is 24.4. The van der Waals surface area contributed by atoms with Crippen LogP contribution in [0.5, 0.6) is 0 Å². The third-order valence-corrected chi connectivity index (χ3v) is 7.33. The van der Waals surface area contributed by atoms with Crippen LogP contribution in [-0.4, -0.2) is 81.1 Å². The van der Waals surface area contributed by atoms with Gasteiger partial charge in [-0.3, -0.25) is 19.7 Å². The number of alkyl halides is 3. The molecule has 1 saturated heterocycles. The SMILES string of the molecule is Cc1ncc(CC(=O)c2cc(C(F)(F)F)ccn2)cc1-n1cc(-c2cccc(N3CCN(CCOC(C)C)CC3)c2)nn1. The number of ketones is 1. The predicted octanol–water partition coefficient (Wildman–Crippen LogP) is 5.02. The van der Waals surface area contributed by atoms with Crippen LogP contribution in [0.2, 0.25) is 0 Å². The fourth-order valence-electron chi connectivity index (χ4n) is 4.95. The number of benzene rings is 1. The number of piperazine rings is 1.